The first kappa shape index (κ1) is 31.2. The molecule has 14 heteroatoms. The molecule has 3 aliphatic rings. The number of hydrogen-bond donors (Lipinski definition) is 3. The van der Waals surface area contributed by atoms with Crippen molar-refractivity contribution < 1.29 is 19.1 Å². The number of nitrogens with zero attached hydrogens (tertiary/aromatic N) is 7. The Balaban J connectivity index is 1.12. The van der Waals surface area contributed by atoms with E-state index in [-0.39, 0.29) is 11.8 Å². The lowest BCUT2D eigenvalue weighted by atomic mass is 10.1. The van der Waals surface area contributed by atoms with Gasteiger partial charge in [0.25, 0.3) is 5.91 Å². The van der Waals surface area contributed by atoms with Crippen LogP contribution in [0.1, 0.15) is 23.7 Å². The highest BCUT2D eigenvalue weighted by atomic mass is 16.5. The number of amides is 4. The Labute approximate surface area is 268 Å². The number of piperazine rings is 1. The van der Waals surface area contributed by atoms with E-state index in [9.17, 15) is 14.4 Å². The van der Waals surface area contributed by atoms with E-state index in [0.29, 0.717) is 93.7 Å². The number of ether oxygens (including phenoxy) is 1. The molecule has 0 radical (unpaired) electrons. The molecule has 0 aliphatic carbocycles. The Morgan fingerprint density at radius 3 is 1.93 bits per heavy atom. The van der Waals surface area contributed by atoms with E-state index in [1.807, 2.05) is 21.9 Å². The summed E-state index contributed by atoms with van der Waals surface area (Å²) in [7, 11) is 0. The molecule has 3 aliphatic heterocycles. The summed E-state index contributed by atoms with van der Waals surface area (Å²) in [4.78, 5) is 59.8. The number of rotatable bonds is 6. The smallest absolute Gasteiger partial charge is 0.323 e. The fourth-order valence-corrected chi connectivity index (χ4v) is 5.70. The monoisotopic (exact) mass is 628 g/mol. The fourth-order valence-electron chi connectivity index (χ4n) is 5.70. The minimum Gasteiger partial charge on any atom is -0.378 e. The maximum absolute atomic E-state index is 12.8. The molecule has 0 spiro atoms. The molecule has 1 aromatic heterocycles. The van der Waals surface area contributed by atoms with Gasteiger partial charge in [0.05, 0.1) is 13.2 Å². The van der Waals surface area contributed by atoms with Crippen molar-refractivity contribution in [2.24, 2.45) is 0 Å². The molecule has 3 N–H and O–H groups in total. The van der Waals surface area contributed by atoms with Gasteiger partial charge in [-0.25, -0.2) is 4.79 Å². The molecular weight excluding hydrogens is 588 g/mol. The highest BCUT2D eigenvalue weighted by Gasteiger charge is 2.23. The Hall–Kier alpha value is -4.82. The average molecular weight is 629 g/mol. The standard InChI is InChI=1S/C32H40N10O4/c1-23(43)39-13-2-14-41(18-17-39)30-36-28(37-31(38-30)42-19-21-46-22-20-42)24-3-7-26(8-4-24)34-32(45)35-27-9-5-25(6-10-27)29(44)40-15-11-33-12-16-40/h3-10,33H,2,11-22H2,1H3,(H2,34,35,45). The summed E-state index contributed by atoms with van der Waals surface area (Å²) in [5, 5.41) is 8.92. The quantitative estimate of drug-likeness (QED) is 0.371. The summed E-state index contributed by atoms with van der Waals surface area (Å²) in [6, 6.07) is 13.9. The van der Waals surface area contributed by atoms with Gasteiger partial charge in [-0.15, -0.1) is 0 Å². The first-order valence-electron chi connectivity index (χ1n) is 15.8. The van der Waals surface area contributed by atoms with Crippen LogP contribution >= 0.6 is 0 Å². The molecule has 4 amide bonds. The van der Waals surface area contributed by atoms with Crippen molar-refractivity contribution >= 4 is 41.1 Å². The zero-order valence-electron chi connectivity index (χ0n) is 26.1. The van der Waals surface area contributed by atoms with Crippen molar-refractivity contribution in [1.82, 2.24) is 30.1 Å². The lowest BCUT2D eigenvalue weighted by Crippen LogP contribution is -2.46. The van der Waals surface area contributed by atoms with E-state index in [1.54, 1.807) is 43.3 Å². The molecule has 0 saturated carbocycles. The number of nitrogens with one attached hydrogen (secondary N) is 3. The summed E-state index contributed by atoms with van der Waals surface area (Å²) in [6.45, 7) is 9.85. The number of carbonyl (C=O) groups is 3. The zero-order valence-corrected chi connectivity index (χ0v) is 26.1. The fraction of sp³-hybridized carbons (Fsp3) is 0.438. The number of aromatic nitrogens is 3. The number of carbonyl (C=O) groups excluding carboxylic acids is 3. The van der Waals surface area contributed by atoms with E-state index in [2.05, 4.69) is 25.8 Å². The lowest BCUT2D eigenvalue weighted by molar-refractivity contribution is -0.128. The second-order valence-corrected chi connectivity index (χ2v) is 11.5. The van der Waals surface area contributed by atoms with Gasteiger partial charge in [0.15, 0.2) is 5.82 Å². The molecule has 3 fully saturated rings. The SMILES string of the molecule is CC(=O)N1CCCN(c2nc(-c3ccc(NC(=O)Nc4ccc(C(=O)N5CCNCC5)cc4)cc3)nc(N3CCOCC3)n2)CC1. The van der Waals surface area contributed by atoms with Gasteiger partial charge in [0.2, 0.25) is 17.8 Å². The van der Waals surface area contributed by atoms with Gasteiger partial charge in [-0.3, -0.25) is 9.59 Å². The Morgan fingerprint density at radius 1 is 0.696 bits per heavy atom. The van der Waals surface area contributed by atoms with Crippen molar-refractivity contribution in [2.45, 2.75) is 13.3 Å². The molecule has 46 heavy (non-hydrogen) atoms. The summed E-state index contributed by atoms with van der Waals surface area (Å²) < 4.78 is 5.54. The molecule has 3 aromatic rings. The summed E-state index contributed by atoms with van der Waals surface area (Å²) in [6.07, 6.45) is 0.828. The lowest BCUT2D eigenvalue weighted by Gasteiger charge is -2.28. The highest BCUT2D eigenvalue weighted by molar-refractivity contribution is 6.00. The Kier molecular flexibility index (Phi) is 9.84. The third-order valence-electron chi connectivity index (χ3n) is 8.32. The summed E-state index contributed by atoms with van der Waals surface area (Å²) >= 11 is 0. The van der Waals surface area contributed by atoms with Crippen molar-refractivity contribution in [3.8, 4) is 11.4 Å². The van der Waals surface area contributed by atoms with Crippen LogP contribution in [0.3, 0.4) is 0 Å². The topological polar surface area (TPSA) is 148 Å². The van der Waals surface area contributed by atoms with Crippen LogP contribution in [0.5, 0.6) is 0 Å². The van der Waals surface area contributed by atoms with Gasteiger partial charge < -0.3 is 40.3 Å². The van der Waals surface area contributed by atoms with Crippen molar-refractivity contribution in [3.63, 3.8) is 0 Å². The predicted molar refractivity (Wildman–Crippen MR) is 175 cm³/mol. The van der Waals surface area contributed by atoms with Crippen LogP contribution in [0.2, 0.25) is 0 Å². The number of morpholine rings is 1. The number of urea groups is 1. The second-order valence-electron chi connectivity index (χ2n) is 11.5. The van der Waals surface area contributed by atoms with Crippen molar-refractivity contribution in [2.75, 3.05) is 99.1 Å². The molecule has 242 valence electrons. The maximum atomic E-state index is 12.8. The summed E-state index contributed by atoms with van der Waals surface area (Å²) in [5.74, 6) is 1.78. The Morgan fingerprint density at radius 2 is 1.30 bits per heavy atom. The van der Waals surface area contributed by atoms with Gasteiger partial charge in [0, 0.05) is 94.9 Å². The second kappa shape index (κ2) is 14.5. The van der Waals surface area contributed by atoms with Crippen molar-refractivity contribution in [3.05, 3.63) is 54.1 Å². The largest absolute Gasteiger partial charge is 0.378 e. The van der Waals surface area contributed by atoms with Crippen LogP contribution in [0, 0.1) is 0 Å². The minimum atomic E-state index is -0.397. The van der Waals surface area contributed by atoms with Crippen LogP contribution in [0.4, 0.5) is 28.1 Å². The molecule has 4 heterocycles. The number of anilines is 4. The van der Waals surface area contributed by atoms with E-state index in [1.165, 1.54) is 0 Å². The van der Waals surface area contributed by atoms with E-state index in [4.69, 9.17) is 19.7 Å². The van der Waals surface area contributed by atoms with Crippen LogP contribution in [-0.4, -0.2) is 121 Å². The van der Waals surface area contributed by atoms with Crippen LogP contribution < -0.4 is 25.8 Å². The molecule has 0 atom stereocenters. The predicted octanol–water partition coefficient (Wildman–Crippen LogP) is 2.12. The molecule has 0 bridgehead atoms. The first-order valence-corrected chi connectivity index (χ1v) is 15.8. The van der Waals surface area contributed by atoms with Crippen LogP contribution in [0.15, 0.2) is 48.5 Å². The average Bonchev–Trinajstić information content (AvgIpc) is 3.36. The molecule has 0 unspecified atom stereocenters. The van der Waals surface area contributed by atoms with E-state index < -0.39 is 6.03 Å². The molecular formula is C32H40N10O4. The zero-order chi connectivity index (χ0) is 31.9. The molecule has 6 rings (SSSR count). The van der Waals surface area contributed by atoms with Gasteiger partial charge in [-0.2, -0.15) is 15.0 Å². The van der Waals surface area contributed by atoms with Gasteiger partial charge in [0.1, 0.15) is 0 Å². The van der Waals surface area contributed by atoms with Gasteiger partial charge in [-0.05, 0) is 55.0 Å². The normalized spacial score (nSPS) is 17.3. The Bertz CT molecular complexity index is 1520. The summed E-state index contributed by atoms with van der Waals surface area (Å²) in [5.41, 5.74) is 2.56. The third-order valence-corrected chi connectivity index (χ3v) is 8.32. The van der Waals surface area contributed by atoms with Crippen LogP contribution in [-0.2, 0) is 9.53 Å². The van der Waals surface area contributed by atoms with Crippen molar-refractivity contribution in [1.29, 1.82) is 0 Å². The maximum Gasteiger partial charge on any atom is 0.323 e. The number of benzene rings is 2. The molecule has 14 nitrogen and oxygen atoms in total. The highest BCUT2D eigenvalue weighted by Crippen LogP contribution is 2.24. The van der Waals surface area contributed by atoms with E-state index >= 15 is 0 Å². The van der Waals surface area contributed by atoms with E-state index in [0.717, 1.165) is 31.6 Å². The number of hydrogen-bond acceptors (Lipinski definition) is 10. The van der Waals surface area contributed by atoms with Crippen LogP contribution in [0.25, 0.3) is 11.4 Å². The minimum absolute atomic E-state index is 0.00833. The molecule has 3 saturated heterocycles. The van der Waals surface area contributed by atoms with Gasteiger partial charge in [-0.1, -0.05) is 0 Å². The molecule has 2 aromatic carbocycles. The first-order chi connectivity index (χ1) is 22.4. The third kappa shape index (κ3) is 7.69. The van der Waals surface area contributed by atoms with Gasteiger partial charge >= 0.3 is 6.03 Å².